The van der Waals surface area contributed by atoms with Crippen LogP contribution in [-0.2, 0) is 32.2 Å². The number of nitrogens with one attached hydrogen (secondary N) is 2. The van der Waals surface area contributed by atoms with Gasteiger partial charge in [0.15, 0.2) is 6.61 Å². The van der Waals surface area contributed by atoms with Crippen molar-refractivity contribution in [3.63, 3.8) is 0 Å². The van der Waals surface area contributed by atoms with Crippen LogP contribution >= 0.6 is 0 Å². The molecule has 11 nitrogen and oxygen atoms in total. The molecule has 0 radical (unpaired) electrons. The fraction of sp³-hybridized carbons (Fsp3) is 0.214. The molecule has 0 spiro atoms. The third-order valence-corrected chi connectivity index (χ3v) is 5.52. The summed E-state index contributed by atoms with van der Waals surface area (Å²) in [4.78, 5) is 49.2. The van der Waals surface area contributed by atoms with Gasteiger partial charge in [-0.25, -0.2) is 10.2 Å². The van der Waals surface area contributed by atoms with E-state index in [9.17, 15) is 24.4 Å². The Labute approximate surface area is 224 Å². The van der Waals surface area contributed by atoms with Gasteiger partial charge in [-0.3, -0.25) is 14.4 Å². The van der Waals surface area contributed by atoms with E-state index in [-0.39, 0.29) is 24.3 Å². The molecule has 39 heavy (non-hydrogen) atoms. The molecule has 200 valence electrons. The van der Waals surface area contributed by atoms with Gasteiger partial charge in [-0.15, -0.1) is 0 Å². The summed E-state index contributed by atoms with van der Waals surface area (Å²) >= 11 is 0. The molecule has 2 aromatic carbocycles. The van der Waals surface area contributed by atoms with E-state index < -0.39 is 29.9 Å². The average molecular weight is 530 g/mol. The molecule has 0 aliphatic carbocycles. The average Bonchev–Trinajstić information content (AvgIpc) is 2.91. The van der Waals surface area contributed by atoms with Gasteiger partial charge in [0.2, 0.25) is 0 Å². The summed E-state index contributed by atoms with van der Waals surface area (Å²) < 4.78 is 11.3. The SMILES string of the molecule is COCc1cc(C)n(CC(=O)N/N=C/c2ccc(C(=O)OCC(=O)Nc3ccc(C)cc3)cc2)c(=O)c1C#N. The van der Waals surface area contributed by atoms with E-state index in [2.05, 4.69) is 15.8 Å². The largest absolute Gasteiger partial charge is 0.452 e. The minimum atomic E-state index is -0.667. The van der Waals surface area contributed by atoms with Gasteiger partial charge in [-0.05, 0) is 49.7 Å². The Morgan fingerprint density at radius 3 is 2.38 bits per heavy atom. The predicted octanol–water partition coefficient (Wildman–Crippen LogP) is 2.43. The summed E-state index contributed by atoms with van der Waals surface area (Å²) in [5, 5.41) is 15.8. The first kappa shape index (κ1) is 28.5. The number of carbonyl (C=O) groups excluding carboxylic acids is 3. The third-order valence-electron chi connectivity index (χ3n) is 5.52. The van der Waals surface area contributed by atoms with Crippen LogP contribution in [0.15, 0.2) is 64.5 Å². The van der Waals surface area contributed by atoms with Crippen LogP contribution in [0, 0.1) is 25.2 Å². The molecule has 0 atom stereocenters. The molecule has 11 heteroatoms. The lowest BCUT2D eigenvalue weighted by atomic mass is 10.1. The highest BCUT2D eigenvalue weighted by molar-refractivity contribution is 5.96. The van der Waals surface area contributed by atoms with Crippen molar-refractivity contribution in [1.29, 1.82) is 5.26 Å². The van der Waals surface area contributed by atoms with E-state index in [1.807, 2.05) is 25.1 Å². The number of nitriles is 1. The quantitative estimate of drug-likeness (QED) is 0.232. The van der Waals surface area contributed by atoms with Crippen molar-refractivity contribution in [2.24, 2.45) is 5.10 Å². The number of rotatable bonds is 10. The highest BCUT2D eigenvalue weighted by atomic mass is 16.5. The number of anilines is 1. The van der Waals surface area contributed by atoms with Gasteiger partial charge in [0, 0.05) is 24.1 Å². The smallest absolute Gasteiger partial charge is 0.338 e. The molecule has 0 aliphatic rings. The topological polar surface area (TPSA) is 152 Å². The van der Waals surface area contributed by atoms with Gasteiger partial charge in [-0.2, -0.15) is 10.4 Å². The molecule has 3 aromatic rings. The van der Waals surface area contributed by atoms with Crippen LogP contribution in [-0.4, -0.2) is 42.3 Å². The molecule has 1 aromatic heterocycles. The first-order chi connectivity index (χ1) is 18.7. The van der Waals surface area contributed by atoms with Crippen molar-refractivity contribution in [3.8, 4) is 6.07 Å². The maximum Gasteiger partial charge on any atom is 0.338 e. The standard InChI is InChI=1S/C28H27N5O6/c1-18-4-10-23(11-5-18)31-26(35)17-39-28(37)21-8-6-20(7-9-21)14-30-32-25(34)15-33-19(2)12-22(16-38-3)24(13-29)27(33)36/h4-12,14H,15-17H2,1-3H3,(H,31,35)(H,32,34)/b30-14+. The molecule has 3 rings (SSSR count). The third kappa shape index (κ3) is 7.95. The lowest BCUT2D eigenvalue weighted by Crippen LogP contribution is -2.33. The Bertz CT molecular complexity index is 1490. The Morgan fingerprint density at radius 1 is 1.05 bits per heavy atom. The van der Waals surface area contributed by atoms with Crippen molar-refractivity contribution in [1.82, 2.24) is 9.99 Å². The molecular formula is C28H27N5O6. The minimum Gasteiger partial charge on any atom is -0.452 e. The van der Waals surface area contributed by atoms with Crippen LogP contribution < -0.4 is 16.3 Å². The van der Waals surface area contributed by atoms with Crippen molar-refractivity contribution >= 4 is 29.7 Å². The first-order valence-corrected chi connectivity index (χ1v) is 11.8. The fourth-order valence-corrected chi connectivity index (χ4v) is 3.53. The summed E-state index contributed by atoms with van der Waals surface area (Å²) in [6.45, 7) is 2.93. The van der Waals surface area contributed by atoms with E-state index in [0.717, 1.165) is 5.56 Å². The van der Waals surface area contributed by atoms with Gasteiger partial charge in [0.05, 0.1) is 18.4 Å². The number of hydrazone groups is 1. The second kappa shape index (κ2) is 13.5. The number of nitrogens with zero attached hydrogens (tertiary/aromatic N) is 3. The van der Waals surface area contributed by atoms with Gasteiger partial charge in [-0.1, -0.05) is 29.8 Å². The van der Waals surface area contributed by atoms with E-state index in [0.29, 0.717) is 22.5 Å². The number of hydrogen-bond donors (Lipinski definition) is 2. The van der Waals surface area contributed by atoms with E-state index >= 15 is 0 Å². The molecule has 0 saturated carbocycles. The molecule has 2 amide bonds. The van der Waals surface area contributed by atoms with Gasteiger partial charge >= 0.3 is 5.97 Å². The number of ether oxygens (including phenoxy) is 2. The number of amides is 2. The summed E-state index contributed by atoms with van der Waals surface area (Å²) in [7, 11) is 1.46. The number of pyridine rings is 1. The van der Waals surface area contributed by atoms with Crippen LogP contribution in [0.1, 0.15) is 38.3 Å². The van der Waals surface area contributed by atoms with Gasteiger partial charge < -0.3 is 19.4 Å². The molecule has 0 saturated heterocycles. The summed E-state index contributed by atoms with van der Waals surface area (Å²) in [6.07, 6.45) is 1.36. The maximum absolute atomic E-state index is 12.6. The highest BCUT2D eigenvalue weighted by Gasteiger charge is 2.15. The van der Waals surface area contributed by atoms with Crippen molar-refractivity contribution in [3.05, 3.63) is 98.5 Å². The zero-order valence-corrected chi connectivity index (χ0v) is 21.7. The number of aryl methyl sites for hydroxylation is 2. The Kier molecular flexibility index (Phi) is 9.83. The molecule has 0 aliphatic heterocycles. The van der Waals surface area contributed by atoms with E-state index in [4.69, 9.17) is 9.47 Å². The monoisotopic (exact) mass is 529 g/mol. The summed E-state index contributed by atoms with van der Waals surface area (Å²) in [5.74, 6) is -1.69. The Hall–Kier alpha value is -5.08. The van der Waals surface area contributed by atoms with Crippen LogP contribution in [0.5, 0.6) is 0 Å². The minimum absolute atomic E-state index is 0.0794. The molecule has 2 N–H and O–H groups in total. The molecule has 1 heterocycles. The number of methoxy groups -OCH3 is 1. The van der Waals surface area contributed by atoms with Crippen LogP contribution in [0.25, 0.3) is 0 Å². The van der Waals surface area contributed by atoms with Crippen molar-refractivity contribution in [2.75, 3.05) is 19.0 Å². The van der Waals surface area contributed by atoms with Crippen LogP contribution in [0.3, 0.4) is 0 Å². The Balaban J connectivity index is 1.51. The fourth-order valence-electron chi connectivity index (χ4n) is 3.53. The molecular weight excluding hydrogens is 502 g/mol. The van der Waals surface area contributed by atoms with E-state index in [1.54, 1.807) is 37.3 Å². The number of hydrogen-bond acceptors (Lipinski definition) is 8. The van der Waals surface area contributed by atoms with Gasteiger partial charge in [0.1, 0.15) is 18.2 Å². The van der Waals surface area contributed by atoms with Crippen LogP contribution in [0.4, 0.5) is 5.69 Å². The zero-order valence-electron chi connectivity index (χ0n) is 21.7. The number of esters is 1. The highest BCUT2D eigenvalue weighted by Crippen LogP contribution is 2.10. The Morgan fingerprint density at radius 2 is 1.74 bits per heavy atom. The first-order valence-electron chi connectivity index (χ1n) is 11.8. The lowest BCUT2D eigenvalue weighted by molar-refractivity contribution is -0.121. The number of aromatic nitrogens is 1. The molecule has 0 fully saturated rings. The summed E-state index contributed by atoms with van der Waals surface area (Å²) in [5.41, 5.74) is 5.09. The van der Waals surface area contributed by atoms with Crippen molar-refractivity contribution < 1.29 is 23.9 Å². The lowest BCUT2D eigenvalue weighted by Gasteiger charge is -2.12. The zero-order chi connectivity index (χ0) is 28.4. The van der Waals surface area contributed by atoms with Crippen LogP contribution in [0.2, 0.25) is 0 Å². The maximum atomic E-state index is 12.6. The van der Waals surface area contributed by atoms with E-state index in [1.165, 1.54) is 30.0 Å². The number of benzene rings is 2. The second-order valence-corrected chi connectivity index (χ2v) is 8.53. The number of carbonyl (C=O) groups is 3. The molecule has 0 bridgehead atoms. The summed E-state index contributed by atoms with van der Waals surface area (Å²) in [6, 6.07) is 16.9. The van der Waals surface area contributed by atoms with Crippen molar-refractivity contribution in [2.45, 2.75) is 27.0 Å². The molecule has 0 unspecified atom stereocenters. The second-order valence-electron chi connectivity index (χ2n) is 8.53. The normalized spacial score (nSPS) is 10.6. The predicted molar refractivity (Wildman–Crippen MR) is 143 cm³/mol. The van der Waals surface area contributed by atoms with Gasteiger partial charge in [0.25, 0.3) is 17.4 Å².